The Morgan fingerprint density at radius 1 is 1.45 bits per heavy atom. The molecule has 64 valence electrons. The first-order valence-corrected chi connectivity index (χ1v) is 4.32. The normalized spacial score (nSPS) is 18.6. The molecular formula is C8H16NO2+. The molecule has 0 amide bonds. The Hall–Kier alpha value is -0.570. The fourth-order valence-electron chi connectivity index (χ4n) is 1.47. The Bertz CT molecular complexity index is 130. The van der Waals surface area contributed by atoms with Crippen LogP contribution in [0.4, 0.5) is 0 Å². The third-order valence-electron chi connectivity index (χ3n) is 2.01. The van der Waals surface area contributed by atoms with Crippen molar-refractivity contribution in [2.75, 3.05) is 26.2 Å². The first-order valence-electron chi connectivity index (χ1n) is 4.32. The molecule has 0 aliphatic carbocycles. The van der Waals surface area contributed by atoms with Crippen LogP contribution in [-0.4, -0.2) is 32.2 Å². The molecule has 1 aliphatic heterocycles. The summed E-state index contributed by atoms with van der Waals surface area (Å²) in [5, 5.41) is 0. The molecule has 0 bridgehead atoms. The van der Waals surface area contributed by atoms with E-state index in [1.54, 1.807) is 0 Å². The Labute approximate surface area is 67.3 Å². The minimum atomic E-state index is -0.0515. The molecule has 1 heterocycles. The van der Waals surface area contributed by atoms with Crippen molar-refractivity contribution in [1.82, 2.24) is 0 Å². The molecule has 0 unspecified atom stereocenters. The van der Waals surface area contributed by atoms with Crippen LogP contribution in [0, 0.1) is 0 Å². The standard InChI is InChI=1S/C8H15NO2/c1-2-11-8(10)7-9-5-3-4-6-9/h2-7H2,1H3/p+1. The third kappa shape index (κ3) is 2.89. The lowest BCUT2D eigenvalue weighted by Gasteiger charge is -2.09. The first kappa shape index (κ1) is 8.53. The number of rotatable bonds is 3. The maximum atomic E-state index is 11.0. The van der Waals surface area contributed by atoms with E-state index in [-0.39, 0.29) is 5.97 Å². The zero-order valence-corrected chi connectivity index (χ0v) is 7.06. The molecule has 3 heteroatoms. The number of carbonyl (C=O) groups is 1. The van der Waals surface area contributed by atoms with Crippen molar-refractivity contribution in [3.63, 3.8) is 0 Å². The molecule has 3 nitrogen and oxygen atoms in total. The van der Waals surface area contributed by atoms with Crippen molar-refractivity contribution >= 4 is 5.97 Å². The number of nitrogens with one attached hydrogen (secondary N) is 1. The zero-order chi connectivity index (χ0) is 8.10. The maximum absolute atomic E-state index is 11.0. The Kier molecular flexibility index (Phi) is 3.36. The number of hydrogen-bond donors (Lipinski definition) is 1. The van der Waals surface area contributed by atoms with E-state index in [1.807, 2.05) is 6.92 Å². The van der Waals surface area contributed by atoms with Gasteiger partial charge in [-0.25, -0.2) is 4.79 Å². The van der Waals surface area contributed by atoms with E-state index in [9.17, 15) is 4.79 Å². The van der Waals surface area contributed by atoms with E-state index in [4.69, 9.17) is 4.74 Å². The number of quaternary nitrogens is 1. The highest BCUT2D eigenvalue weighted by Gasteiger charge is 2.18. The van der Waals surface area contributed by atoms with Gasteiger partial charge in [-0.15, -0.1) is 0 Å². The Morgan fingerprint density at radius 3 is 2.64 bits per heavy atom. The van der Waals surface area contributed by atoms with Gasteiger partial charge in [0.25, 0.3) is 0 Å². The van der Waals surface area contributed by atoms with E-state index < -0.39 is 0 Å². The first-order chi connectivity index (χ1) is 5.33. The summed E-state index contributed by atoms with van der Waals surface area (Å²) in [6, 6.07) is 0. The molecule has 0 aromatic carbocycles. The van der Waals surface area contributed by atoms with Crippen LogP contribution in [-0.2, 0) is 9.53 Å². The molecule has 1 aliphatic rings. The van der Waals surface area contributed by atoms with Crippen molar-refractivity contribution in [2.24, 2.45) is 0 Å². The van der Waals surface area contributed by atoms with E-state index in [1.165, 1.54) is 17.7 Å². The molecule has 0 radical (unpaired) electrons. The summed E-state index contributed by atoms with van der Waals surface area (Å²) < 4.78 is 4.84. The Balaban J connectivity index is 2.13. The summed E-state index contributed by atoms with van der Waals surface area (Å²) >= 11 is 0. The number of carbonyl (C=O) groups excluding carboxylic acids is 1. The van der Waals surface area contributed by atoms with Crippen LogP contribution in [0.25, 0.3) is 0 Å². The molecule has 0 saturated carbocycles. The Morgan fingerprint density at radius 2 is 2.09 bits per heavy atom. The monoisotopic (exact) mass is 158 g/mol. The summed E-state index contributed by atoms with van der Waals surface area (Å²) in [5.41, 5.74) is 0. The molecular weight excluding hydrogens is 142 g/mol. The summed E-state index contributed by atoms with van der Waals surface area (Å²) in [7, 11) is 0. The van der Waals surface area contributed by atoms with Gasteiger partial charge in [0.1, 0.15) is 0 Å². The van der Waals surface area contributed by atoms with Gasteiger partial charge in [0.15, 0.2) is 6.54 Å². The van der Waals surface area contributed by atoms with Gasteiger partial charge in [0.05, 0.1) is 19.7 Å². The fraction of sp³-hybridized carbons (Fsp3) is 0.875. The van der Waals surface area contributed by atoms with Crippen molar-refractivity contribution in [3.8, 4) is 0 Å². The fourth-order valence-corrected chi connectivity index (χ4v) is 1.47. The number of esters is 1. The lowest BCUT2D eigenvalue weighted by molar-refractivity contribution is -0.879. The average molecular weight is 158 g/mol. The predicted octanol–water partition coefficient (Wildman–Crippen LogP) is -0.772. The largest absolute Gasteiger partial charge is 0.462 e. The van der Waals surface area contributed by atoms with Crippen molar-refractivity contribution < 1.29 is 14.4 Å². The molecule has 0 atom stereocenters. The lowest BCUT2D eigenvalue weighted by atomic mass is 10.4. The second kappa shape index (κ2) is 4.34. The summed E-state index contributed by atoms with van der Waals surface area (Å²) in [4.78, 5) is 12.3. The molecule has 1 rings (SSSR count). The van der Waals surface area contributed by atoms with Crippen LogP contribution in [0.5, 0.6) is 0 Å². The topological polar surface area (TPSA) is 30.7 Å². The minimum Gasteiger partial charge on any atom is -0.462 e. The van der Waals surface area contributed by atoms with Gasteiger partial charge in [-0.2, -0.15) is 0 Å². The number of hydrogen-bond acceptors (Lipinski definition) is 2. The second-order valence-corrected chi connectivity index (χ2v) is 2.94. The van der Waals surface area contributed by atoms with Gasteiger partial charge in [0.2, 0.25) is 0 Å². The van der Waals surface area contributed by atoms with Crippen molar-refractivity contribution in [2.45, 2.75) is 19.8 Å². The van der Waals surface area contributed by atoms with Gasteiger partial charge in [-0.05, 0) is 6.92 Å². The van der Waals surface area contributed by atoms with Gasteiger partial charge in [-0.3, -0.25) is 0 Å². The quantitative estimate of drug-likeness (QED) is 0.547. The van der Waals surface area contributed by atoms with E-state index in [0.717, 1.165) is 13.1 Å². The SMILES string of the molecule is CCOC(=O)C[NH+]1CCCC1. The molecule has 0 aromatic heterocycles. The van der Waals surface area contributed by atoms with Crippen LogP contribution in [0.15, 0.2) is 0 Å². The van der Waals surface area contributed by atoms with Crippen LogP contribution in [0.2, 0.25) is 0 Å². The van der Waals surface area contributed by atoms with Crippen LogP contribution in [0.1, 0.15) is 19.8 Å². The summed E-state index contributed by atoms with van der Waals surface area (Å²) in [5.74, 6) is -0.0515. The maximum Gasteiger partial charge on any atom is 0.361 e. The van der Waals surface area contributed by atoms with Crippen LogP contribution >= 0.6 is 0 Å². The van der Waals surface area contributed by atoms with Crippen LogP contribution in [0.3, 0.4) is 0 Å². The molecule has 0 aromatic rings. The highest BCUT2D eigenvalue weighted by atomic mass is 16.5. The van der Waals surface area contributed by atoms with E-state index in [0.29, 0.717) is 13.2 Å². The summed E-state index contributed by atoms with van der Waals surface area (Å²) in [6.45, 7) is 5.19. The van der Waals surface area contributed by atoms with E-state index in [2.05, 4.69) is 0 Å². The van der Waals surface area contributed by atoms with Crippen LogP contribution < -0.4 is 4.90 Å². The molecule has 0 spiro atoms. The second-order valence-electron chi connectivity index (χ2n) is 2.94. The lowest BCUT2D eigenvalue weighted by Crippen LogP contribution is -3.11. The highest BCUT2D eigenvalue weighted by molar-refractivity contribution is 5.70. The number of ether oxygens (including phenoxy) is 1. The molecule has 1 saturated heterocycles. The van der Waals surface area contributed by atoms with Crippen molar-refractivity contribution in [3.05, 3.63) is 0 Å². The van der Waals surface area contributed by atoms with Gasteiger partial charge in [-0.1, -0.05) is 0 Å². The van der Waals surface area contributed by atoms with Gasteiger partial charge in [0, 0.05) is 12.8 Å². The van der Waals surface area contributed by atoms with Gasteiger partial charge < -0.3 is 9.64 Å². The van der Waals surface area contributed by atoms with E-state index >= 15 is 0 Å². The zero-order valence-electron chi connectivity index (χ0n) is 7.06. The smallest absolute Gasteiger partial charge is 0.361 e. The highest BCUT2D eigenvalue weighted by Crippen LogP contribution is 1.87. The molecule has 1 N–H and O–H groups in total. The molecule has 1 fully saturated rings. The third-order valence-corrected chi connectivity index (χ3v) is 2.01. The number of likely N-dealkylation sites (tertiary alicyclic amines) is 1. The molecule has 11 heavy (non-hydrogen) atoms. The minimum absolute atomic E-state index is 0.0515. The summed E-state index contributed by atoms with van der Waals surface area (Å²) in [6.07, 6.45) is 2.52. The van der Waals surface area contributed by atoms with Crippen molar-refractivity contribution in [1.29, 1.82) is 0 Å². The average Bonchev–Trinajstić information content (AvgIpc) is 2.40. The van der Waals surface area contributed by atoms with Gasteiger partial charge >= 0.3 is 5.97 Å². The predicted molar refractivity (Wildman–Crippen MR) is 41.4 cm³/mol.